The van der Waals surface area contributed by atoms with E-state index in [1.54, 1.807) is 24.5 Å². The van der Waals surface area contributed by atoms with Crippen molar-refractivity contribution in [3.8, 4) is 5.69 Å². The third-order valence-corrected chi connectivity index (χ3v) is 6.04. The molecule has 1 saturated carbocycles. The highest BCUT2D eigenvalue weighted by Crippen LogP contribution is 2.28. The van der Waals surface area contributed by atoms with Crippen LogP contribution in [0.2, 0.25) is 5.02 Å². The Kier molecular flexibility index (Phi) is 4.79. The van der Waals surface area contributed by atoms with Gasteiger partial charge in [0.1, 0.15) is 0 Å². The first-order valence-corrected chi connectivity index (χ1v) is 10.5. The summed E-state index contributed by atoms with van der Waals surface area (Å²) in [5.74, 6) is 0. The van der Waals surface area contributed by atoms with Crippen molar-refractivity contribution in [1.29, 1.82) is 0 Å². The molecule has 6 nitrogen and oxygen atoms in total. The van der Waals surface area contributed by atoms with Gasteiger partial charge in [0.05, 0.1) is 12.0 Å². The smallest absolute Gasteiger partial charge is 0.320 e. The van der Waals surface area contributed by atoms with Crippen LogP contribution in [0.1, 0.15) is 37.3 Å². The van der Waals surface area contributed by atoms with Gasteiger partial charge in [-0.25, -0.2) is 14.3 Å². The van der Waals surface area contributed by atoms with Gasteiger partial charge in [0, 0.05) is 17.6 Å². The number of nitrogens with zero attached hydrogens (tertiary/aromatic N) is 4. The molecule has 0 unspecified atom stereocenters. The summed E-state index contributed by atoms with van der Waals surface area (Å²) < 4.78 is 4.78. The number of halogens is 1. The van der Waals surface area contributed by atoms with Gasteiger partial charge in [-0.05, 0) is 36.6 Å². The summed E-state index contributed by atoms with van der Waals surface area (Å²) in [4.78, 5) is 31.5. The first-order chi connectivity index (χ1) is 14.6. The van der Waals surface area contributed by atoms with Crippen LogP contribution >= 0.6 is 11.6 Å². The Balaban J connectivity index is 1.80. The Labute approximate surface area is 178 Å². The van der Waals surface area contributed by atoms with Gasteiger partial charge >= 0.3 is 5.69 Å². The van der Waals surface area contributed by atoms with Crippen LogP contribution in [-0.2, 0) is 6.54 Å². The van der Waals surface area contributed by atoms with Crippen molar-refractivity contribution in [1.82, 2.24) is 18.7 Å². The van der Waals surface area contributed by atoms with Crippen LogP contribution in [-0.4, -0.2) is 18.7 Å². The summed E-state index contributed by atoms with van der Waals surface area (Å²) in [7, 11) is 0. The maximum absolute atomic E-state index is 13.5. The molecule has 30 heavy (non-hydrogen) atoms. The molecule has 2 aromatic heterocycles. The molecule has 1 aliphatic rings. The summed E-state index contributed by atoms with van der Waals surface area (Å²) in [5.41, 5.74) is 1.83. The Hall–Kier alpha value is -3.12. The van der Waals surface area contributed by atoms with E-state index < -0.39 is 0 Å². The summed E-state index contributed by atoms with van der Waals surface area (Å²) in [6.45, 7) is 0.505. The SMILES string of the molecule is O=c1c2c(ncn2Cc2ccccc2)n(-c2cccc(Cl)c2)c(=O)n1C1CCCC1. The topological polar surface area (TPSA) is 61.8 Å². The lowest BCUT2D eigenvalue weighted by molar-refractivity contribution is 0.474. The quantitative estimate of drug-likeness (QED) is 0.498. The zero-order chi connectivity index (χ0) is 20.7. The first-order valence-electron chi connectivity index (χ1n) is 10.2. The molecule has 7 heteroatoms. The fraction of sp³-hybridized carbons (Fsp3) is 0.261. The molecular weight excluding hydrogens is 400 g/mol. The van der Waals surface area contributed by atoms with Crippen LogP contribution in [0.4, 0.5) is 0 Å². The van der Waals surface area contributed by atoms with E-state index in [9.17, 15) is 9.59 Å². The predicted octanol–water partition coefficient (Wildman–Crippen LogP) is 4.17. The summed E-state index contributed by atoms with van der Waals surface area (Å²) >= 11 is 6.20. The number of imidazole rings is 1. The maximum Gasteiger partial charge on any atom is 0.337 e. The third kappa shape index (κ3) is 3.17. The average molecular weight is 421 g/mol. The van der Waals surface area contributed by atoms with Crippen LogP contribution < -0.4 is 11.2 Å². The second kappa shape index (κ2) is 7.61. The van der Waals surface area contributed by atoms with Crippen molar-refractivity contribution >= 4 is 22.8 Å². The third-order valence-electron chi connectivity index (χ3n) is 5.80. The number of hydrogen-bond donors (Lipinski definition) is 0. The molecule has 2 aromatic carbocycles. The van der Waals surface area contributed by atoms with Crippen LogP contribution in [0.15, 0.2) is 70.5 Å². The number of benzene rings is 2. The van der Waals surface area contributed by atoms with Gasteiger partial charge < -0.3 is 4.57 Å². The van der Waals surface area contributed by atoms with Crippen LogP contribution in [0.5, 0.6) is 0 Å². The van der Waals surface area contributed by atoms with Crippen molar-refractivity contribution < 1.29 is 0 Å². The monoisotopic (exact) mass is 420 g/mol. The molecule has 5 rings (SSSR count). The van der Waals surface area contributed by atoms with Crippen LogP contribution in [0.25, 0.3) is 16.9 Å². The highest BCUT2D eigenvalue weighted by atomic mass is 35.5. The molecule has 0 atom stereocenters. The van der Waals surface area contributed by atoms with Gasteiger partial charge in [-0.3, -0.25) is 9.36 Å². The van der Waals surface area contributed by atoms with Gasteiger partial charge in [0.15, 0.2) is 11.2 Å². The molecule has 0 aliphatic heterocycles. The largest absolute Gasteiger partial charge is 0.337 e. The molecule has 1 fully saturated rings. The van der Waals surface area contributed by atoms with E-state index in [0.29, 0.717) is 28.4 Å². The highest BCUT2D eigenvalue weighted by molar-refractivity contribution is 6.30. The van der Waals surface area contributed by atoms with E-state index in [2.05, 4.69) is 4.98 Å². The standard InChI is InChI=1S/C23H21ClN4O2/c24-17-9-6-12-19(13-17)27-21-20(22(29)28(23(27)30)18-10-4-5-11-18)26(15-25-21)14-16-7-2-1-3-8-16/h1-3,6-9,12-13,15,18H,4-5,10-11,14H2. The number of aromatic nitrogens is 4. The Morgan fingerprint density at radius 1 is 1.00 bits per heavy atom. The average Bonchev–Trinajstić information content (AvgIpc) is 3.40. The van der Waals surface area contributed by atoms with E-state index in [4.69, 9.17) is 11.6 Å². The van der Waals surface area contributed by atoms with Gasteiger partial charge in [-0.15, -0.1) is 0 Å². The molecular formula is C23H21ClN4O2. The molecule has 152 valence electrons. The second-order valence-electron chi connectivity index (χ2n) is 7.74. The molecule has 4 aromatic rings. The lowest BCUT2D eigenvalue weighted by atomic mass is 10.2. The number of hydrogen-bond acceptors (Lipinski definition) is 3. The normalized spacial score (nSPS) is 14.6. The van der Waals surface area contributed by atoms with Crippen molar-refractivity contribution in [2.75, 3.05) is 0 Å². The lowest BCUT2D eigenvalue weighted by Gasteiger charge is -2.17. The minimum absolute atomic E-state index is 0.0834. The fourth-order valence-electron chi connectivity index (χ4n) is 4.39. The zero-order valence-corrected chi connectivity index (χ0v) is 17.1. The molecule has 0 spiro atoms. The van der Waals surface area contributed by atoms with E-state index in [0.717, 1.165) is 31.2 Å². The van der Waals surface area contributed by atoms with Gasteiger partial charge in [-0.2, -0.15) is 0 Å². The molecule has 1 aliphatic carbocycles. The zero-order valence-electron chi connectivity index (χ0n) is 16.4. The van der Waals surface area contributed by atoms with Crippen LogP contribution in [0.3, 0.4) is 0 Å². The lowest BCUT2D eigenvalue weighted by Crippen LogP contribution is -2.41. The van der Waals surface area contributed by atoms with Crippen molar-refractivity contribution in [2.45, 2.75) is 38.3 Å². The Morgan fingerprint density at radius 2 is 1.77 bits per heavy atom. The molecule has 0 saturated heterocycles. The molecule has 2 heterocycles. The molecule has 0 N–H and O–H groups in total. The van der Waals surface area contributed by atoms with E-state index in [1.165, 1.54) is 9.13 Å². The van der Waals surface area contributed by atoms with Crippen molar-refractivity contribution in [3.05, 3.63) is 92.3 Å². The fourth-order valence-corrected chi connectivity index (χ4v) is 4.57. The minimum atomic E-state index is -0.355. The first kappa shape index (κ1) is 18.9. The van der Waals surface area contributed by atoms with Crippen molar-refractivity contribution in [2.24, 2.45) is 0 Å². The second-order valence-corrected chi connectivity index (χ2v) is 8.18. The Bertz CT molecular complexity index is 1330. The van der Waals surface area contributed by atoms with Crippen molar-refractivity contribution in [3.63, 3.8) is 0 Å². The van der Waals surface area contributed by atoms with Crippen LogP contribution in [0, 0.1) is 0 Å². The summed E-state index contributed by atoms with van der Waals surface area (Å²) in [6.07, 6.45) is 5.36. The van der Waals surface area contributed by atoms with Gasteiger partial charge in [0.25, 0.3) is 5.56 Å². The summed E-state index contributed by atoms with van der Waals surface area (Å²) in [5, 5.41) is 0.523. The van der Waals surface area contributed by atoms with E-state index >= 15 is 0 Å². The molecule has 0 radical (unpaired) electrons. The van der Waals surface area contributed by atoms with E-state index in [1.807, 2.05) is 41.0 Å². The van der Waals surface area contributed by atoms with Gasteiger partial charge in [0.2, 0.25) is 0 Å². The minimum Gasteiger partial charge on any atom is -0.320 e. The molecule has 0 bridgehead atoms. The maximum atomic E-state index is 13.5. The van der Waals surface area contributed by atoms with Gasteiger partial charge in [-0.1, -0.05) is 60.8 Å². The molecule has 0 amide bonds. The highest BCUT2D eigenvalue weighted by Gasteiger charge is 2.26. The number of rotatable bonds is 4. The van der Waals surface area contributed by atoms with E-state index in [-0.39, 0.29) is 17.3 Å². The number of fused-ring (bicyclic) bond motifs is 1. The predicted molar refractivity (Wildman–Crippen MR) is 118 cm³/mol. The Morgan fingerprint density at radius 3 is 2.50 bits per heavy atom. The summed E-state index contributed by atoms with van der Waals surface area (Å²) in [6, 6.07) is 16.9.